The molecule has 0 spiro atoms. The van der Waals surface area contributed by atoms with Crippen LogP contribution in [0.4, 0.5) is 5.69 Å². The lowest BCUT2D eigenvalue weighted by molar-refractivity contribution is 0.720. The van der Waals surface area contributed by atoms with E-state index in [0.717, 1.165) is 11.6 Å². The SMILES string of the molecule is CCCc1ccccc1NC1=NC(C)CCS1. The van der Waals surface area contributed by atoms with Crippen molar-refractivity contribution in [2.45, 2.75) is 39.2 Å². The maximum absolute atomic E-state index is 4.65. The molecule has 0 saturated carbocycles. The molecule has 2 nitrogen and oxygen atoms in total. The predicted octanol–water partition coefficient (Wildman–Crippen LogP) is 3.93. The van der Waals surface area contributed by atoms with E-state index in [4.69, 9.17) is 0 Å². The second kappa shape index (κ2) is 6.10. The van der Waals surface area contributed by atoms with Gasteiger partial charge in [-0.1, -0.05) is 43.3 Å². The summed E-state index contributed by atoms with van der Waals surface area (Å²) < 4.78 is 0. The Bertz CT molecular complexity index is 401. The number of rotatable bonds is 3. The second-order valence-electron chi connectivity index (χ2n) is 4.45. The third kappa shape index (κ3) is 3.50. The fourth-order valence-corrected chi connectivity index (χ4v) is 3.03. The molecule has 1 aromatic carbocycles. The highest BCUT2D eigenvalue weighted by atomic mass is 32.2. The van der Waals surface area contributed by atoms with E-state index in [-0.39, 0.29) is 0 Å². The van der Waals surface area contributed by atoms with Gasteiger partial charge in [0.2, 0.25) is 0 Å². The normalized spacial score (nSPS) is 19.9. The molecule has 1 aliphatic rings. The number of nitrogens with one attached hydrogen (secondary N) is 1. The Morgan fingerprint density at radius 1 is 1.41 bits per heavy atom. The average molecular weight is 248 g/mol. The lowest BCUT2D eigenvalue weighted by Crippen LogP contribution is -2.18. The van der Waals surface area contributed by atoms with E-state index >= 15 is 0 Å². The number of hydrogen-bond donors (Lipinski definition) is 1. The zero-order valence-corrected chi connectivity index (χ0v) is 11.4. The summed E-state index contributed by atoms with van der Waals surface area (Å²) in [5.41, 5.74) is 2.60. The largest absolute Gasteiger partial charge is 0.335 e. The van der Waals surface area contributed by atoms with Gasteiger partial charge in [0, 0.05) is 11.4 Å². The van der Waals surface area contributed by atoms with Crippen LogP contribution in [0.3, 0.4) is 0 Å². The molecule has 0 amide bonds. The molecule has 1 aliphatic heterocycles. The van der Waals surface area contributed by atoms with Crippen LogP contribution in [0.1, 0.15) is 32.3 Å². The van der Waals surface area contributed by atoms with Crippen LogP contribution < -0.4 is 5.32 Å². The van der Waals surface area contributed by atoms with Crippen LogP contribution >= 0.6 is 11.8 Å². The maximum Gasteiger partial charge on any atom is 0.161 e. The van der Waals surface area contributed by atoms with Gasteiger partial charge in [0.25, 0.3) is 0 Å². The Kier molecular flexibility index (Phi) is 4.49. The number of anilines is 1. The standard InChI is InChI=1S/C14H20N2S/c1-3-6-12-7-4-5-8-13(12)16-14-15-11(2)9-10-17-14/h4-5,7-8,11H,3,6,9-10H2,1-2H3,(H,15,16). The Hall–Kier alpha value is -0.960. The lowest BCUT2D eigenvalue weighted by atomic mass is 10.1. The zero-order chi connectivity index (χ0) is 12.1. The van der Waals surface area contributed by atoms with Crippen LogP contribution in [0, 0.1) is 0 Å². The topological polar surface area (TPSA) is 24.4 Å². The number of thioether (sulfide) groups is 1. The van der Waals surface area contributed by atoms with Gasteiger partial charge in [-0.05, 0) is 31.4 Å². The van der Waals surface area contributed by atoms with Gasteiger partial charge in [0.05, 0.1) is 6.04 Å². The molecule has 1 N–H and O–H groups in total. The molecule has 0 radical (unpaired) electrons. The predicted molar refractivity (Wildman–Crippen MR) is 78.0 cm³/mol. The quantitative estimate of drug-likeness (QED) is 0.876. The van der Waals surface area contributed by atoms with Crippen LogP contribution in [0.2, 0.25) is 0 Å². The second-order valence-corrected chi connectivity index (χ2v) is 5.54. The fraction of sp³-hybridized carbons (Fsp3) is 0.500. The fourth-order valence-electron chi connectivity index (χ4n) is 1.94. The molecule has 0 saturated heterocycles. The Morgan fingerprint density at radius 3 is 3.00 bits per heavy atom. The summed E-state index contributed by atoms with van der Waals surface area (Å²) in [5, 5.41) is 4.55. The molecule has 2 rings (SSSR count). The van der Waals surface area contributed by atoms with Crippen molar-refractivity contribution in [1.29, 1.82) is 0 Å². The Morgan fingerprint density at radius 2 is 2.24 bits per heavy atom. The smallest absolute Gasteiger partial charge is 0.161 e. The van der Waals surface area contributed by atoms with Crippen LogP contribution in [0.25, 0.3) is 0 Å². The number of hydrogen-bond acceptors (Lipinski definition) is 3. The van der Waals surface area contributed by atoms with Gasteiger partial charge < -0.3 is 5.32 Å². The van der Waals surface area contributed by atoms with Crippen LogP contribution in [-0.4, -0.2) is 17.0 Å². The van der Waals surface area contributed by atoms with Crippen molar-refractivity contribution in [2.24, 2.45) is 4.99 Å². The van der Waals surface area contributed by atoms with Gasteiger partial charge in [0.1, 0.15) is 0 Å². The minimum atomic E-state index is 0.456. The summed E-state index contributed by atoms with van der Waals surface area (Å²) >= 11 is 1.83. The summed E-state index contributed by atoms with van der Waals surface area (Å²) in [5.74, 6) is 1.17. The number of aliphatic imine (C=N–C) groups is 1. The van der Waals surface area contributed by atoms with E-state index in [2.05, 4.69) is 48.4 Å². The van der Waals surface area contributed by atoms with E-state index in [1.165, 1.54) is 29.8 Å². The van der Waals surface area contributed by atoms with Crippen LogP contribution in [-0.2, 0) is 6.42 Å². The summed E-state index contributed by atoms with van der Waals surface area (Å²) in [6.45, 7) is 4.39. The highest BCUT2D eigenvalue weighted by Crippen LogP contribution is 2.22. The van der Waals surface area contributed by atoms with Crippen LogP contribution in [0.15, 0.2) is 29.3 Å². The molecule has 1 unspecified atom stereocenters. The number of aryl methyl sites for hydroxylation is 1. The molecule has 0 bridgehead atoms. The highest BCUT2D eigenvalue weighted by Gasteiger charge is 2.12. The molecule has 0 fully saturated rings. The average Bonchev–Trinajstić information content (AvgIpc) is 2.32. The van der Waals surface area contributed by atoms with Crippen LogP contribution in [0.5, 0.6) is 0 Å². The molecule has 92 valence electrons. The molecule has 3 heteroatoms. The zero-order valence-electron chi connectivity index (χ0n) is 10.6. The number of benzene rings is 1. The van der Waals surface area contributed by atoms with Gasteiger partial charge in [0.15, 0.2) is 5.17 Å². The molecule has 0 aromatic heterocycles. The molecule has 1 aromatic rings. The number of amidine groups is 1. The van der Waals surface area contributed by atoms with E-state index < -0.39 is 0 Å². The third-order valence-corrected chi connectivity index (χ3v) is 3.81. The van der Waals surface area contributed by atoms with E-state index in [9.17, 15) is 0 Å². The van der Waals surface area contributed by atoms with Gasteiger partial charge in [-0.15, -0.1) is 0 Å². The van der Waals surface area contributed by atoms with E-state index in [1.807, 2.05) is 11.8 Å². The summed E-state index contributed by atoms with van der Waals surface area (Å²) in [7, 11) is 0. The van der Waals surface area contributed by atoms with Gasteiger partial charge in [-0.3, -0.25) is 4.99 Å². The maximum atomic E-state index is 4.65. The molecule has 0 aliphatic carbocycles. The van der Waals surface area contributed by atoms with Gasteiger partial charge in [-0.25, -0.2) is 0 Å². The molecular formula is C14H20N2S. The minimum Gasteiger partial charge on any atom is -0.335 e. The molecule has 1 heterocycles. The van der Waals surface area contributed by atoms with Gasteiger partial charge >= 0.3 is 0 Å². The van der Waals surface area contributed by atoms with Crippen molar-refractivity contribution in [3.63, 3.8) is 0 Å². The van der Waals surface area contributed by atoms with Gasteiger partial charge in [-0.2, -0.15) is 0 Å². The van der Waals surface area contributed by atoms with E-state index in [1.54, 1.807) is 0 Å². The Balaban J connectivity index is 2.12. The highest BCUT2D eigenvalue weighted by molar-refractivity contribution is 8.14. The first kappa shape index (κ1) is 12.5. The van der Waals surface area contributed by atoms with Crippen molar-refractivity contribution in [3.05, 3.63) is 29.8 Å². The first-order valence-corrected chi connectivity index (χ1v) is 7.33. The molecule has 1 atom stereocenters. The first-order chi connectivity index (χ1) is 8.29. The van der Waals surface area contributed by atoms with Crippen molar-refractivity contribution >= 4 is 22.6 Å². The lowest BCUT2D eigenvalue weighted by Gasteiger charge is -2.19. The van der Waals surface area contributed by atoms with Crippen molar-refractivity contribution in [3.8, 4) is 0 Å². The molecular weight excluding hydrogens is 228 g/mol. The summed E-state index contributed by atoms with van der Waals surface area (Å²) in [4.78, 5) is 4.65. The summed E-state index contributed by atoms with van der Waals surface area (Å²) in [6, 6.07) is 8.99. The molecule has 17 heavy (non-hydrogen) atoms. The third-order valence-electron chi connectivity index (χ3n) is 2.89. The number of nitrogens with zero attached hydrogens (tertiary/aromatic N) is 1. The van der Waals surface area contributed by atoms with Crippen molar-refractivity contribution in [1.82, 2.24) is 0 Å². The number of para-hydroxylation sites is 1. The van der Waals surface area contributed by atoms with Crippen molar-refractivity contribution < 1.29 is 0 Å². The first-order valence-electron chi connectivity index (χ1n) is 6.35. The van der Waals surface area contributed by atoms with Crippen molar-refractivity contribution in [2.75, 3.05) is 11.1 Å². The summed E-state index contributed by atoms with van der Waals surface area (Å²) in [6.07, 6.45) is 3.48. The minimum absolute atomic E-state index is 0.456. The Labute approximate surface area is 108 Å². The monoisotopic (exact) mass is 248 g/mol. The van der Waals surface area contributed by atoms with E-state index in [0.29, 0.717) is 6.04 Å².